The summed E-state index contributed by atoms with van der Waals surface area (Å²) in [5.74, 6) is -6.49. The number of fused-ring (bicyclic) bond motifs is 1. The predicted molar refractivity (Wildman–Crippen MR) is 158 cm³/mol. The fraction of sp³-hybridized carbons (Fsp3) is 0.310. The molecular formula is C29H27F9N6O7. The zero-order valence-corrected chi connectivity index (χ0v) is 25.9. The maximum atomic E-state index is 10.6. The van der Waals surface area contributed by atoms with Gasteiger partial charge in [-0.25, -0.2) is 24.4 Å². The van der Waals surface area contributed by atoms with E-state index in [1.165, 1.54) is 0 Å². The molecule has 51 heavy (non-hydrogen) atoms. The molecule has 5 rings (SSSR count). The van der Waals surface area contributed by atoms with Crippen molar-refractivity contribution >= 4 is 29.4 Å². The summed E-state index contributed by atoms with van der Waals surface area (Å²) in [6, 6.07) is 14.1. The second-order valence-electron chi connectivity index (χ2n) is 9.81. The Balaban J connectivity index is 0.000000352. The number of aliphatic carboxylic acids is 3. The van der Waals surface area contributed by atoms with E-state index in [0.29, 0.717) is 0 Å². The molecule has 0 saturated carbocycles. The third-order valence-electron chi connectivity index (χ3n) is 6.31. The van der Waals surface area contributed by atoms with Gasteiger partial charge in [0, 0.05) is 56.9 Å². The fourth-order valence-electron chi connectivity index (χ4n) is 3.94. The lowest BCUT2D eigenvalue weighted by atomic mass is 10.1. The molecule has 0 atom stereocenters. The molecule has 1 saturated heterocycles. The molecule has 0 unspecified atom stereocenters. The third-order valence-corrected chi connectivity index (χ3v) is 6.31. The molecule has 13 nitrogen and oxygen atoms in total. The van der Waals surface area contributed by atoms with Crippen molar-refractivity contribution in [1.82, 2.24) is 24.3 Å². The van der Waals surface area contributed by atoms with Gasteiger partial charge in [0.25, 0.3) is 0 Å². The van der Waals surface area contributed by atoms with Crippen LogP contribution in [0.15, 0.2) is 67.3 Å². The number of pyridine rings is 1. The average molecular weight is 743 g/mol. The van der Waals surface area contributed by atoms with Gasteiger partial charge in [0.15, 0.2) is 11.5 Å². The number of methoxy groups -OCH3 is 1. The number of hydrogen-bond donors (Lipinski definition) is 3. The normalized spacial score (nSPS) is 13.4. The van der Waals surface area contributed by atoms with Crippen LogP contribution in [0.5, 0.6) is 5.75 Å². The monoisotopic (exact) mass is 742 g/mol. The Bertz CT molecular complexity index is 1670. The molecule has 0 bridgehead atoms. The first-order valence-corrected chi connectivity index (χ1v) is 13.9. The van der Waals surface area contributed by atoms with Crippen LogP contribution < -0.4 is 9.64 Å². The van der Waals surface area contributed by atoms with E-state index in [1.807, 2.05) is 49.1 Å². The average Bonchev–Trinajstić information content (AvgIpc) is 3.50. The summed E-state index contributed by atoms with van der Waals surface area (Å²) in [6.07, 6.45) is -7.64. The van der Waals surface area contributed by atoms with E-state index < -0.39 is 36.4 Å². The van der Waals surface area contributed by atoms with Crippen molar-refractivity contribution in [3.63, 3.8) is 0 Å². The number of carbonyl (C=O) groups is 3. The molecule has 1 aliphatic rings. The molecule has 1 fully saturated rings. The molecule has 0 radical (unpaired) electrons. The van der Waals surface area contributed by atoms with Crippen molar-refractivity contribution in [3.05, 3.63) is 72.9 Å². The second-order valence-corrected chi connectivity index (χ2v) is 9.81. The maximum Gasteiger partial charge on any atom is 0.490 e. The molecule has 3 N–H and O–H groups in total. The SMILES string of the molecule is COc1ccc(-c2cnc3c(N4CCN(Cc5ccccn5)CC4)nccn23)cc1.O=C(O)C(F)(F)F.O=C(O)C(F)(F)F.O=C(O)C(F)(F)F. The Morgan fingerprint density at radius 2 is 1.24 bits per heavy atom. The molecule has 0 aliphatic carbocycles. The fourth-order valence-corrected chi connectivity index (χ4v) is 3.94. The number of halogens is 9. The lowest BCUT2D eigenvalue weighted by Crippen LogP contribution is -2.46. The number of alkyl halides is 9. The first-order valence-electron chi connectivity index (χ1n) is 13.9. The summed E-state index contributed by atoms with van der Waals surface area (Å²) in [6.45, 7) is 4.68. The Morgan fingerprint density at radius 1 is 0.725 bits per heavy atom. The third kappa shape index (κ3) is 13.3. The highest BCUT2D eigenvalue weighted by molar-refractivity contribution is 5.74. The molecule has 4 heterocycles. The quantitative estimate of drug-likeness (QED) is 0.234. The van der Waals surface area contributed by atoms with Gasteiger partial charge in [-0.1, -0.05) is 6.07 Å². The number of imidazole rings is 1. The van der Waals surface area contributed by atoms with Crippen LogP contribution in [0.2, 0.25) is 0 Å². The molecule has 4 aromatic rings. The summed E-state index contributed by atoms with van der Waals surface area (Å²) < 4.78 is 103. The van der Waals surface area contributed by atoms with Gasteiger partial charge in [-0.3, -0.25) is 14.3 Å². The highest BCUT2D eigenvalue weighted by Gasteiger charge is 2.39. The van der Waals surface area contributed by atoms with Crippen LogP contribution in [-0.4, -0.2) is 109 Å². The van der Waals surface area contributed by atoms with Gasteiger partial charge >= 0.3 is 36.4 Å². The highest BCUT2D eigenvalue weighted by Crippen LogP contribution is 2.27. The first-order chi connectivity index (χ1) is 23.6. The Morgan fingerprint density at radius 3 is 1.67 bits per heavy atom. The van der Waals surface area contributed by atoms with Crippen molar-refractivity contribution in [3.8, 4) is 17.0 Å². The molecule has 0 spiro atoms. The smallest absolute Gasteiger partial charge is 0.490 e. The van der Waals surface area contributed by atoms with Crippen LogP contribution in [-0.2, 0) is 20.9 Å². The standard InChI is InChI=1S/C23H24N6O.3C2HF3O2/c1-30-20-7-5-18(6-8-20)21-16-26-23-22(25-10-11-29(21)23)28-14-12-27(13-15-28)17-19-4-2-3-9-24-19;3*3-2(4,5)1(6)7/h2-11,16H,12-15,17H2,1H3;3*(H,6,7). The van der Waals surface area contributed by atoms with Gasteiger partial charge in [-0.2, -0.15) is 39.5 Å². The van der Waals surface area contributed by atoms with Gasteiger partial charge in [-0.05, 0) is 36.4 Å². The summed E-state index contributed by atoms with van der Waals surface area (Å²) in [7, 11) is 1.68. The number of anilines is 1. The Hall–Kier alpha value is -5.67. The summed E-state index contributed by atoms with van der Waals surface area (Å²) in [5, 5.41) is 21.4. The molecule has 1 aliphatic heterocycles. The number of rotatable bonds is 5. The van der Waals surface area contributed by atoms with Crippen molar-refractivity contribution in [2.45, 2.75) is 25.1 Å². The van der Waals surface area contributed by atoms with Gasteiger partial charge in [0.05, 0.1) is 24.7 Å². The van der Waals surface area contributed by atoms with Gasteiger partial charge in [0.1, 0.15) is 5.75 Å². The number of piperazine rings is 1. The van der Waals surface area contributed by atoms with Crippen molar-refractivity contribution < 1.29 is 74.0 Å². The predicted octanol–water partition coefficient (Wildman–Crippen LogP) is 5.02. The van der Waals surface area contributed by atoms with Gasteiger partial charge in [0.2, 0.25) is 0 Å². The van der Waals surface area contributed by atoms with E-state index in [2.05, 4.69) is 42.4 Å². The van der Waals surface area contributed by atoms with Crippen LogP contribution >= 0.6 is 0 Å². The van der Waals surface area contributed by atoms with E-state index >= 15 is 0 Å². The topological polar surface area (TPSA) is 171 Å². The molecule has 22 heteroatoms. The number of hydrogen-bond acceptors (Lipinski definition) is 9. The molecular weight excluding hydrogens is 715 g/mol. The van der Waals surface area contributed by atoms with Crippen LogP contribution in [0.1, 0.15) is 5.69 Å². The Kier molecular flexibility index (Phi) is 14.5. The van der Waals surface area contributed by atoms with Crippen LogP contribution in [0.25, 0.3) is 16.9 Å². The van der Waals surface area contributed by atoms with E-state index in [1.54, 1.807) is 7.11 Å². The summed E-state index contributed by atoms with van der Waals surface area (Å²) in [5.41, 5.74) is 4.15. The zero-order valence-electron chi connectivity index (χ0n) is 25.9. The number of ether oxygens (including phenoxy) is 1. The molecule has 0 amide bonds. The summed E-state index contributed by atoms with van der Waals surface area (Å²) >= 11 is 0. The van der Waals surface area contributed by atoms with Crippen molar-refractivity contribution in [2.24, 2.45) is 0 Å². The van der Waals surface area contributed by atoms with E-state index in [-0.39, 0.29) is 0 Å². The van der Waals surface area contributed by atoms with E-state index in [4.69, 9.17) is 39.4 Å². The maximum absolute atomic E-state index is 10.6. The molecule has 3 aromatic heterocycles. The minimum absolute atomic E-state index is 0.846. The van der Waals surface area contributed by atoms with Crippen LogP contribution in [0.3, 0.4) is 0 Å². The van der Waals surface area contributed by atoms with Gasteiger partial charge < -0.3 is 25.0 Å². The minimum atomic E-state index is -5.08. The number of carboxylic acid groups (broad SMARTS) is 3. The Labute approximate surface area is 281 Å². The number of aromatic nitrogens is 4. The zero-order chi connectivity index (χ0) is 38.6. The highest BCUT2D eigenvalue weighted by atomic mass is 19.4. The lowest BCUT2D eigenvalue weighted by Gasteiger charge is -2.35. The largest absolute Gasteiger partial charge is 0.497 e. The van der Waals surface area contributed by atoms with E-state index in [0.717, 1.165) is 66.9 Å². The second kappa shape index (κ2) is 17.8. The van der Waals surface area contributed by atoms with Crippen molar-refractivity contribution in [1.29, 1.82) is 0 Å². The van der Waals surface area contributed by atoms with Crippen LogP contribution in [0.4, 0.5) is 45.3 Å². The number of carboxylic acids is 3. The first kappa shape index (κ1) is 41.5. The van der Waals surface area contributed by atoms with Gasteiger partial charge in [-0.15, -0.1) is 0 Å². The molecule has 278 valence electrons. The minimum Gasteiger partial charge on any atom is -0.497 e. The van der Waals surface area contributed by atoms with Crippen LogP contribution in [0, 0.1) is 0 Å². The lowest BCUT2D eigenvalue weighted by molar-refractivity contribution is -0.193. The number of nitrogens with zero attached hydrogens (tertiary/aromatic N) is 6. The summed E-state index contributed by atoms with van der Waals surface area (Å²) in [4.78, 5) is 45.3. The van der Waals surface area contributed by atoms with E-state index in [9.17, 15) is 39.5 Å². The molecule has 1 aromatic carbocycles. The van der Waals surface area contributed by atoms with Crippen molar-refractivity contribution in [2.75, 3.05) is 38.2 Å². The number of benzene rings is 1.